The molecule has 1 aliphatic heterocycles. The van der Waals surface area contributed by atoms with Gasteiger partial charge in [-0.05, 0) is 57.0 Å². The SMILES string of the molecule is O=C(Nc1ccc2nc([C@H]3C[C@@H](N4CCCCC4)C3)sc2c1)c1cncnc1. The van der Waals surface area contributed by atoms with E-state index in [0.29, 0.717) is 11.5 Å². The number of anilines is 1. The Morgan fingerprint density at radius 3 is 2.68 bits per heavy atom. The summed E-state index contributed by atoms with van der Waals surface area (Å²) in [5.41, 5.74) is 2.24. The molecule has 3 aromatic rings. The molecule has 1 amide bonds. The maximum absolute atomic E-state index is 12.3. The van der Waals surface area contributed by atoms with Crippen molar-refractivity contribution >= 4 is 33.1 Å². The van der Waals surface area contributed by atoms with Crippen molar-refractivity contribution in [1.29, 1.82) is 0 Å². The highest BCUT2D eigenvalue weighted by molar-refractivity contribution is 7.18. The van der Waals surface area contributed by atoms with Crippen LogP contribution in [0.5, 0.6) is 0 Å². The Morgan fingerprint density at radius 1 is 1.11 bits per heavy atom. The van der Waals surface area contributed by atoms with Gasteiger partial charge in [0.25, 0.3) is 5.91 Å². The second-order valence-electron chi connectivity index (χ2n) is 7.73. The number of rotatable bonds is 4. The zero-order valence-corrected chi connectivity index (χ0v) is 16.5. The van der Waals surface area contributed by atoms with Crippen LogP contribution in [0.2, 0.25) is 0 Å². The number of carbonyl (C=O) groups is 1. The first kappa shape index (κ1) is 17.7. The van der Waals surface area contributed by atoms with Crippen LogP contribution in [0.1, 0.15) is 53.4 Å². The van der Waals surface area contributed by atoms with Crippen LogP contribution in [-0.4, -0.2) is 44.9 Å². The van der Waals surface area contributed by atoms with E-state index in [1.165, 1.54) is 68.9 Å². The second kappa shape index (κ2) is 7.56. The van der Waals surface area contributed by atoms with Crippen LogP contribution < -0.4 is 5.32 Å². The minimum Gasteiger partial charge on any atom is -0.322 e. The highest BCUT2D eigenvalue weighted by Crippen LogP contribution is 2.43. The highest BCUT2D eigenvalue weighted by atomic mass is 32.1. The lowest BCUT2D eigenvalue weighted by Crippen LogP contribution is -2.46. The van der Waals surface area contributed by atoms with Crippen LogP contribution in [0, 0.1) is 0 Å². The average Bonchev–Trinajstić information content (AvgIpc) is 3.11. The molecule has 1 aliphatic carbocycles. The zero-order valence-electron chi connectivity index (χ0n) is 15.7. The smallest absolute Gasteiger partial charge is 0.258 e. The molecule has 1 aromatic carbocycles. The molecule has 0 atom stereocenters. The van der Waals surface area contributed by atoms with Gasteiger partial charge in [0.2, 0.25) is 0 Å². The minimum absolute atomic E-state index is 0.201. The Bertz CT molecular complexity index is 977. The molecular weight excluding hydrogens is 370 g/mol. The number of thiazole rings is 1. The molecule has 1 N–H and O–H groups in total. The number of piperidine rings is 1. The third-order valence-corrected chi connectivity index (χ3v) is 7.04. The van der Waals surface area contributed by atoms with E-state index in [1.54, 1.807) is 11.3 Å². The molecule has 5 rings (SSSR count). The summed E-state index contributed by atoms with van der Waals surface area (Å²) in [4.78, 5) is 27.6. The van der Waals surface area contributed by atoms with Gasteiger partial charge in [0.05, 0.1) is 20.8 Å². The van der Waals surface area contributed by atoms with Gasteiger partial charge in [-0.3, -0.25) is 4.79 Å². The summed E-state index contributed by atoms with van der Waals surface area (Å²) in [7, 11) is 0. The lowest BCUT2D eigenvalue weighted by molar-refractivity contribution is 0.0888. The average molecular weight is 394 g/mol. The van der Waals surface area contributed by atoms with E-state index < -0.39 is 0 Å². The predicted octanol–water partition coefficient (Wildman–Crippen LogP) is 4.07. The molecule has 144 valence electrons. The summed E-state index contributed by atoms with van der Waals surface area (Å²) in [5.74, 6) is 0.386. The van der Waals surface area contributed by atoms with Crippen molar-refractivity contribution in [3.8, 4) is 0 Å². The number of fused-ring (bicyclic) bond motifs is 1. The number of nitrogens with zero attached hydrogens (tertiary/aromatic N) is 4. The van der Waals surface area contributed by atoms with Gasteiger partial charge in [0.1, 0.15) is 6.33 Å². The molecule has 6 nitrogen and oxygen atoms in total. The molecule has 3 heterocycles. The first-order chi connectivity index (χ1) is 13.8. The van der Waals surface area contributed by atoms with Gasteiger partial charge in [-0.25, -0.2) is 15.0 Å². The van der Waals surface area contributed by atoms with Crippen LogP contribution >= 0.6 is 11.3 Å². The number of amides is 1. The molecule has 1 saturated carbocycles. The first-order valence-electron chi connectivity index (χ1n) is 9.97. The molecule has 7 heteroatoms. The standard InChI is InChI=1S/C21H23N5OS/c27-20(15-11-22-13-23-12-15)24-16-4-5-18-19(10-16)28-21(25-18)14-8-17(9-14)26-6-2-1-3-7-26/h4-5,10-14,17H,1-3,6-9H2,(H,24,27)/t14-,17+. The summed E-state index contributed by atoms with van der Waals surface area (Å²) in [6, 6.07) is 6.66. The number of carbonyl (C=O) groups excluding carboxylic acids is 1. The van der Waals surface area contributed by atoms with E-state index in [1.807, 2.05) is 18.2 Å². The van der Waals surface area contributed by atoms with Crippen molar-refractivity contribution in [1.82, 2.24) is 19.9 Å². The van der Waals surface area contributed by atoms with Crippen LogP contribution in [-0.2, 0) is 0 Å². The topological polar surface area (TPSA) is 71.0 Å². The van der Waals surface area contributed by atoms with Gasteiger partial charge in [-0.1, -0.05) is 6.42 Å². The van der Waals surface area contributed by atoms with Gasteiger partial charge in [0.15, 0.2) is 0 Å². The third kappa shape index (κ3) is 3.52. The van der Waals surface area contributed by atoms with Crippen LogP contribution in [0.25, 0.3) is 10.2 Å². The number of likely N-dealkylation sites (tertiary alicyclic amines) is 1. The fraction of sp³-hybridized carbons (Fsp3) is 0.429. The largest absolute Gasteiger partial charge is 0.322 e. The predicted molar refractivity (Wildman–Crippen MR) is 111 cm³/mol. The van der Waals surface area contributed by atoms with Crippen LogP contribution in [0.15, 0.2) is 36.9 Å². The minimum atomic E-state index is -0.201. The first-order valence-corrected chi connectivity index (χ1v) is 10.8. The Morgan fingerprint density at radius 2 is 1.89 bits per heavy atom. The highest BCUT2D eigenvalue weighted by Gasteiger charge is 2.36. The third-order valence-electron chi connectivity index (χ3n) is 5.86. The number of benzene rings is 1. The number of hydrogen-bond acceptors (Lipinski definition) is 6. The van der Waals surface area contributed by atoms with Gasteiger partial charge < -0.3 is 10.2 Å². The Balaban J connectivity index is 1.26. The van der Waals surface area contributed by atoms with Gasteiger partial charge in [-0.2, -0.15) is 0 Å². The van der Waals surface area contributed by atoms with Crippen molar-refractivity contribution in [3.05, 3.63) is 47.5 Å². The van der Waals surface area contributed by atoms with Crippen molar-refractivity contribution in [2.24, 2.45) is 0 Å². The van der Waals surface area contributed by atoms with Crippen molar-refractivity contribution in [3.63, 3.8) is 0 Å². The van der Waals surface area contributed by atoms with Crippen LogP contribution in [0.3, 0.4) is 0 Å². The van der Waals surface area contributed by atoms with E-state index in [4.69, 9.17) is 4.98 Å². The molecule has 0 radical (unpaired) electrons. The molecule has 2 fully saturated rings. The Hall–Kier alpha value is -2.38. The summed E-state index contributed by atoms with van der Waals surface area (Å²) in [6.07, 6.45) is 11.0. The fourth-order valence-electron chi connectivity index (χ4n) is 4.19. The second-order valence-corrected chi connectivity index (χ2v) is 8.80. The van der Waals surface area contributed by atoms with E-state index in [2.05, 4.69) is 20.2 Å². The van der Waals surface area contributed by atoms with Crippen molar-refractivity contribution in [2.75, 3.05) is 18.4 Å². The molecule has 28 heavy (non-hydrogen) atoms. The molecule has 0 spiro atoms. The Labute approximate surface area is 168 Å². The number of aromatic nitrogens is 3. The molecule has 2 aromatic heterocycles. The zero-order chi connectivity index (χ0) is 18.9. The van der Waals surface area contributed by atoms with E-state index in [9.17, 15) is 4.79 Å². The summed E-state index contributed by atoms with van der Waals surface area (Å²) < 4.78 is 1.12. The summed E-state index contributed by atoms with van der Waals surface area (Å²) in [6.45, 7) is 2.54. The monoisotopic (exact) mass is 393 g/mol. The molecule has 0 bridgehead atoms. The van der Waals surface area contributed by atoms with E-state index in [0.717, 1.165) is 21.9 Å². The van der Waals surface area contributed by atoms with E-state index >= 15 is 0 Å². The molecule has 0 unspecified atom stereocenters. The van der Waals surface area contributed by atoms with Gasteiger partial charge in [-0.15, -0.1) is 11.3 Å². The maximum atomic E-state index is 12.3. The Kier molecular flexibility index (Phi) is 4.78. The van der Waals surface area contributed by atoms with Gasteiger partial charge >= 0.3 is 0 Å². The number of nitrogens with one attached hydrogen (secondary N) is 1. The van der Waals surface area contributed by atoms with Crippen molar-refractivity contribution < 1.29 is 4.79 Å². The fourth-order valence-corrected chi connectivity index (χ4v) is 5.32. The molecule has 1 saturated heterocycles. The lowest BCUT2D eigenvalue weighted by Gasteiger charge is -2.43. The molecular formula is C21H23N5OS. The van der Waals surface area contributed by atoms with Crippen LogP contribution in [0.4, 0.5) is 5.69 Å². The molecule has 2 aliphatic rings. The summed E-state index contributed by atoms with van der Waals surface area (Å²) in [5, 5.41) is 4.16. The normalized spacial score (nSPS) is 22.7. The maximum Gasteiger partial charge on any atom is 0.258 e. The van der Waals surface area contributed by atoms with Crippen molar-refractivity contribution in [2.45, 2.75) is 44.1 Å². The van der Waals surface area contributed by atoms with Gasteiger partial charge in [0, 0.05) is 30.0 Å². The van der Waals surface area contributed by atoms with E-state index in [-0.39, 0.29) is 5.91 Å². The quantitative estimate of drug-likeness (QED) is 0.723. The number of hydrogen-bond donors (Lipinski definition) is 1. The summed E-state index contributed by atoms with van der Waals surface area (Å²) >= 11 is 1.76. The lowest BCUT2D eigenvalue weighted by atomic mass is 9.79.